The zero-order valence-electron chi connectivity index (χ0n) is 17.6. The van der Waals surface area contributed by atoms with E-state index in [1.54, 1.807) is 35.6 Å². The quantitative estimate of drug-likeness (QED) is 0.243. The van der Waals surface area contributed by atoms with Crippen LogP contribution >= 0.6 is 46.0 Å². The van der Waals surface area contributed by atoms with Crippen LogP contribution in [0.1, 0.15) is 23.7 Å². The molecule has 2 aromatic heterocycles. The Kier molecular flexibility index (Phi) is 7.82. The number of carbonyl (C=O) groups excluding carboxylic acids is 2. The first-order valence-corrected chi connectivity index (χ1v) is 13.2. The molecule has 0 aliphatic carbocycles. The van der Waals surface area contributed by atoms with Gasteiger partial charge in [0.05, 0.1) is 15.8 Å². The molecule has 4 aromatic rings. The molecule has 0 saturated heterocycles. The van der Waals surface area contributed by atoms with E-state index in [4.69, 9.17) is 11.6 Å². The first-order chi connectivity index (χ1) is 16.0. The minimum atomic E-state index is -0.294. The maximum atomic E-state index is 12.9. The molecule has 168 valence electrons. The molecule has 2 aromatic carbocycles. The first kappa shape index (κ1) is 23.5. The van der Waals surface area contributed by atoms with E-state index in [2.05, 4.69) is 15.6 Å². The van der Waals surface area contributed by atoms with Crippen molar-refractivity contribution >= 4 is 68.7 Å². The number of hydrogen-bond donors (Lipinski definition) is 2. The fourth-order valence-corrected chi connectivity index (χ4v) is 5.70. The molecule has 1 unspecified atom stereocenters. The maximum absolute atomic E-state index is 12.9. The summed E-state index contributed by atoms with van der Waals surface area (Å²) in [6.45, 7) is 1.97. The number of rotatable bonds is 8. The number of thioether (sulfide) groups is 1. The number of benzene rings is 2. The van der Waals surface area contributed by atoms with E-state index in [0.29, 0.717) is 27.8 Å². The highest BCUT2D eigenvalue weighted by Gasteiger charge is 2.20. The summed E-state index contributed by atoms with van der Waals surface area (Å²) in [6, 6.07) is 18.2. The lowest BCUT2D eigenvalue weighted by molar-refractivity contribution is -0.115. The van der Waals surface area contributed by atoms with Gasteiger partial charge >= 0.3 is 0 Å². The smallest absolute Gasteiger partial charge is 0.255 e. The average molecular weight is 514 g/mol. The molecule has 2 N–H and O–H groups in total. The molecule has 1 atom stereocenters. The molecular weight excluding hydrogens is 494 g/mol. The summed E-state index contributed by atoms with van der Waals surface area (Å²) in [7, 11) is 0. The Labute approximate surface area is 209 Å². The van der Waals surface area contributed by atoms with Crippen molar-refractivity contribution in [3.63, 3.8) is 0 Å². The number of nitrogens with one attached hydrogen (secondary N) is 2. The summed E-state index contributed by atoms with van der Waals surface area (Å²) >= 11 is 10.5. The SMILES string of the molecule is CCC(Sc1cccc(NC(=O)c2cccc(Cl)c2)c1)C(=O)Nc1nc(-c2cccs2)cs1. The molecule has 0 bridgehead atoms. The van der Waals surface area contributed by atoms with Crippen molar-refractivity contribution in [2.75, 3.05) is 10.6 Å². The number of amides is 2. The van der Waals surface area contributed by atoms with E-state index in [0.717, 1.165) is 15.5 Å². The van der Waals surface area contributed by atoms with Gasteiger partial charge in [-0.25, -0.2) is 4.98 Å². The number of halogens is 1. The van der Waals surface area contributed by atoms with Crippen LogP contribution in [0.25, 0.3) is 10.6 Å². The summed E-state index contributed by atoms with van der Waals surface area (Å²) in [5, 5.41) is 10.6. The van der Waals surface area contributed by atoms with Gasteiger partial charge in [-0.2, -0.15) is 0 Å². The lowest BCUT2D eigenvalue weighted by Gasteiger charge is -2.14. The lowest BCUT2D eigenvalue weighted by atomic mass is 10.2. The Balaban J connectivity index is 1.39. The van der Waals surface area contributed by atoms with Crippen LogP contribution < -0.4 is 10.6 Å². The van der Waals surface area contributed by atoms with E-state index >= 15 is 0 Å². The number of aromatic nitrogens is 1. The molecule has 33 heavy (non-hydrogen) atoms. The summed E-state index contributed by atoms with van der Waals surface area (Å²) < 4.78 is 0. The fraction of sp³-hybridized carbons (Fsp3) is 0.125. The first-order valence-electron chi connectivity index (χ1n) is 10.2. The average Bonchev–Trinajstić information content (AvgIpc) is 3.50. The Hall–Kier alpha value is -2.65. The Morgan fingerprint density at radius 1 is 1.06 bits per heavy atom. The van der Waals surface area contributed by atoms with E-state index in [1.165, 1.54) is 23.1 Å². The van der Waals surface area contributed by atoms with Gasteiger partial charge in [0.2, 0.25) is 5.91 Å². The second kappa shape index (κ2) is 11.0. The summed E-state index contributed by atoms with van der Waals surface area (Å²) in [5.74, 6) is -0.335. The third kappa shape index (κ3) is 6.23. The molecule has 0 spiro atoms. The number of hydrogen-bond acceptors (Lipinski definition) is 6. The van der Waals surface area contributed by atoms with Gasteiger partial charge < -0.3 is 10.6 Å². The molecule has 0 aliphatic rings. The van der Waals surface area contributed by atoms with E-state index < -0.39 is 0 Å². The standard InChI is InChI=1S/C24H20ClN3O2S3/c1-2-20(23(30)28-24-27-19(14-32-24)21-10-5-11-31-21)33-18-9-4-8-17(13-18)26-22(29)15-6-3-7-16(25)12-15/h3-14,20H,2H2,1H3,(H,26,29)(H,27,28,30). The molecular formula is C24H20ClN3O2S3. The molecule has 5 nitrogen and oxygen atoms in total. The summed E-state index contributed by atoms with van der Waals surface area (Å²) in [5.41, 5.74) is 2.01. The van der Waals surface area contributed by atoms with Gasteiger partial charge in [0, 0.05) is 26.5 Å². The van der Waals surface area contributed by atoms with Crippen LogP contribution in [0.15, 0.2) is 76.3 Å². The van der Waals surface area contributed by atoms with Crippen LogP contribution in [0.3, 0.4) is 0 Å². The highest BCUT2D eigenvalue weighted by Crippen LogP contribution is 2.31. The maximum Gasteiger partial charge on any atom is 0.255 e. The van der Waals surface area contributed by atoms with Gasteiger partial charge in [-0.1, -0.05) is 36.7 Å². The highest BCUT2D eigenvalue weighted by atomic mass is 35.5. The molecule has 0 radical (unpaired) electrons. The largest absolute Gasteiger partial charge is 0.322 e. The van der Waals surface area contributed by atoms with E-state index in [9.17, 15) is 9.59 Å². The molecule has 0 fully saturated rings. The van der Waals surface area contributed by atoms with Gasteiger partial charge in [0.25, 0.3) is 5.91 Å². The zero-order valence-corrected chi connectivity index (χ0v) is 20.8. The molecule has 2 heterocycles. The molecule has 2 amide bonds. The van der Waals surface area contributed by atoms with Crippen LogP contribution in [-0.2, 0) is 4.79 Å². The van der Waals surface area contributed by atoms with Gasteiger partial charge in [-0.05, 0) is 54.3 Å². The van der Waals surface area contributed by atoms with Crippen LogP contribution in [0, 0.1) is 0 Å². The normalized spacial score (nSPS) is 11.7. The monoisotopic (exact) mass is 513 g/mol. The second-order valence-corrected chi connectivity index (χ2v) is 10.5. The predicted molar refractivity (Wildman–Crippen MR) is 140 cm³/mol. The van der Waals surface area contributed by atoms with Crippen LogP contribution in [0.5, 0.6) is 0 Å². The topological polar surface area (TPSA) is 71.1 Å². The third-order valence-corrected chi connectivity index (χ3v) is 7.87. The number of anilines is 2. The molecule has 0 aliphatic heterocycles. The Morgan fingerprint density at radius 2 is 1.91 bits per heavy atom. The number of nitrogens with zero attached hydrogens (tertiary/aromatic N) is 1. The molecule has 4 rings (SSSR count). The van der Waals surface area contributed by atoms with Crippen LogP contribution in [0.4, 0.5) is 10.8 Å². The van der Waals surface area contributed by atoms with Crippen LogP contribution in [-0.4, -0.2) is 22.0 Å². The molecule has 0 saturated carbocycles. The lowest BCUT2D eigenvalue weighted by Crippen LogP contribution is -2.24. The van der Waals surface area contributed by atoms with Crippen molar-refractivity contribution in [2.24, 2.45) is 0 Å². The third-order valence-electron chi connectivity index (χ3n) is 4.63. The van der Waals surface area contributed by atoms with Crippen molar-refractivity contribution in [2.45, 2.75) is 23.5 Å². The number of thiazole rings is 1. The second-order valence-electron chi connectivity index (χ2n) is 7.01. The Morgan fingerprint density at radius 3 is 2.67 bits per heavy atom. The highest BCUT2D eigenvalue weighted by molar-refractivity contribution is 8.00. The molecule has 9 heteroatoms. The van der Waals surface area contributed by atoms with Crippen molar-refractivity contribution in [1.29, 1.82) is 0 Å². The van der Waals surface area contributed by atoms with Crippen molar-refractivity contribution in [1.82, 2.24) is 4.98 Å². The Bertz CT molecular complexity index is 1260. The number of thiophene rings is 1. The van der Waals surface area contributed by atoms with Crippen molar-refractivity contribution < 1.29 is 9.59 Å². The summed E-state index contributed by atoms with van der Waals surface area (Å²) in [4.78, 5) is 31.9. The van der Waals surface area contributed by atoms with Gasteiger partial charge in [0.15, 0.2) is 5.13 Å². The van der Waals surface area contributed by atoms with Crippen molar-refractivity contribution in [3.05, 3.63) is 82.0 Å². The predicted octanol–water partition coefficient (Wildman–Crippen LogP) is 7.29. The summed E-state index contributed by atoms with van der Waals surface area (Å²) in [6.07, 6.45) is 0.652. The van der Waals surface area contributed by atoms with E-state index in [1.807, 2.05) is 54.1 Å². The minimum Gasteiger partial charge on any atom is -0.322 e. The zero-order chi connectivity index (χ0) is 23.2. The van der Waals surface area contributed by atoms with Gasteiger partial charge in [0.1, 0.15) is 0 Å². The minimum absolute atomic E-state index is 0.0945. The number of carbonyl (C=O) groups is 2. The van der Waals surface area contributed by atoms with Gasteiger partial charge in [-0.15, -0.1) is 34.4 Å². The van der Waals surface area contributed by atoms with Crippen molar-refractivity contribution in [3.8, 4) is 10.6 Å². The van der Waals surface area contributed by atoms with Crippen LogP contribution in [0.2, 0.25) is 5.02 Å². The van der Waals surface area contributed by atoms with E-state index in [-0.39, 0.29) is 17.1 Å². The van der Waals surface area contributed by atoms with Gasteiger partial charge in [-0.3, -0.25) is 9.59 Å². The fourth-order valence-electron chi connectivity index (χ4n) is 3.02.